The summed E-state index contributed by atoms with van der Waals surface area (Å²) in [6.07, 6.45) is 0. The van der Waals surface area contributed by atoms with Gasteiger partial charge in [0.1, 0.15) is 0 Å². The monoisotopic (exact) mass is 792 g/mol. The van der Waals surface area contributed by atoms with Gasteiger partial charge >= 0.3 is 0 Å². The van der Waals surface area contributed by atoms with Gasteiger partial charge in [-0.15, -0.1) is 0 Å². The number of aromatic nitrogens is 5. The summed E-state index contributed by atoms with van der Waals surface area (Å²) >= 11 is 0. The Balaban J connectivity index is 0.997. The molecule has 0 aliphatic heterocycles. The quantitative estimate of drug-likeness (QED) is 0.145. The Labute approximate surface area is 360 Å². The fraction of sp³-hybridized carbons (Fsp3) is 0. The number of nitrogens with zero attached hydrogens (tertiary/aromatic N) is 6. The molecule has 2 heterocycles. The van der Waals surface area contributed by atoms with Gasteiger partial charge in [-0.1, -0.05) is 194 Å². The standard InChI is InChI=1S/C56H36N6/c57-37-38-14-12-21-46(34-38)39-28-32-45(33-29-39)55-60-54(44-19-8-3-9-20-44)61-56(62-55)50-25-11-10-24-49(50)48-23-13-22-47(35-48)40-26-30-42(31-27-40)52-36-51(41-15-4-1-5-16-41)58-53(59-52)43-17-6-2-7-18-43/h1-36H. The van der Waals surface area contributed by atoms with Crippen LogP contribution in [0, 0.1) is 11.3 Å². The third-order valence-electron chi connectivity index (χ3n) is 10.8. The highest BCUT2D eigenvalue weighted by atomic mass is 15.0. The van der Waals surface area contributed by atoms with Crippen LogP contribution in [0.15, 0.2) is 218 Å². The molecular weight excluding hydrogens is 757 g/mol. The minimum absolute atomic E-state index is 0.574. The lowest BCUT2D eigenvalue weighted by molar-refractivity contribution is 1.07. The lowest BCUT2D eigenvalue weighted by Gasteiger charge is -2.13. The average molecular weight is 793 g/mol. The molecule has 0 amide bonds. The zero-order valence-corrected chi connectivity index (χ0v) is 33.5. The van der Waals surface area contributed by atoms with Gasteiger partial charge in [0, 0.05) is 33.4 Å². The van der Waals surface area contributed by atoms with Gasteiger partial charge in [0.2, 0.25) is 0 Å². The fourth-order valence-corrected chi connectivity index (χ4v) is 7.62. The first-order chi connectivity index (χ1) is 30.6. The van der Waals surface area contributed by atoms with Crippen molar-refractivity contribution in [3.05, 3.63) is 224 Å². The summed E-state index contributed by atoms with van der Waals surface area (Å²) in [5, 5.41) is 9.44. The Hall–Kier alpha value is -8.66. The van der Waals surface area contributed by atoms with Crippen LogP contribution in [0.5, 0.6) is 0 Å². The van der Waals surface area contributed by atoms with E-state index in [9.17, 15) is 5.26 Å². The van der Waals surface area contributed by atoms with E-state index >= 15 is 0 Å². The number of nitriles is 1. The summed E-state index contributed by atoms with van der Waals surface area (Å²) in [6.45, 7) is 0. The van der Waals surface area contributed by atoms with Crippen LogP contribution in [0.2, 0.25) is 0 Å². The van der Waals surface area contributed by atoms with Crippen molar-refractivity contribution < 1.29 is 0 Å². The van der Waals surface area contributed by atoms with Gasteiger partial charge in [-0.25, -0.2) is 24.9 Å². The van der Waals surface area contributed by atoms with Crippen LogP contribution in [0.25, 0.3) is 101 Å². The van der Waals surface area contributed by atoms with Gasteiger partial charge in [0.25, 0.3) is 0 Å². The third kappa shape index (κ3) is 7.90. The van der Waals surface area contributed by atoms with Crippen molar-refractivity contribution in [2.75, 3.05) is 0 Å². The van der Waals surface area contributed by atoms with Crippen molar-refractivity contribution in [1.82, 2.24) is 24.9 Å². The molecule has 0 fully saturated rings. The molecule has 0 saturated carbocycles. The minimum atomic E-state index is 0.574. The number of hydrogen-bond acceptors (Lipinski definition) is 6. The lowest BCUT2D eigenvalue weighted by Crippen LogP contribution is -2.01. The van der Waals surface area contributed by atoms with E-state index in [0.29, 0.717) is 28.9 Å². The molecule has 2 aromatic heterocycles. The molecule has 8 aromatic carbocycles. The van der Waals surface area contributed by atoms with Crippen molar-refractivity contribution in [3.63, 3.8) is 0 Å². The second-order valence-electron chi connectivity index (χ2n) is 14.8. The second kappa shape index (κ2) is 16.9. The van der Waals surface area contributed by atoms with E-state index in [1.54, 1.807) is 0 Å². The van der Waals surface area contributed by atoms with Crippen LogP contribution in [0.4, 0.5) is 0 Å². The van der Waals surface area contributed by atoms with Gasteiger partial charge in [-0.2, -0.15) is 5.26 Å². The van der Waals surface area contributed by atoms with Gasteiger partial charge < -0.3 is 0 Å². The molecule has 0 aliphatic rings. The van der Waals surface area contributed by atoms with Crippen LogP contribution in [-0.2, 0) is 0 Å². The Morgan fingerprint density at radius 3 is 1.23 bits per heavy atom. The molecule has 0 aliphatic carbocycles. The first-order valence-corrected chi connectivity index (χ1v) is 20.4. The van der Waals surface area contributed by atoms with Gasteiger partial charge in [-0.05, 0) is 57.6 Å². The molecule has 0 radical (unpaired) electrons. The van der Waals surface area contributed by atoms with Crippen molar-refractivity contribution >= 4 is 0 Å². The maximum Gasteiger partial charge on any atom is 0.164 e. The predicted molar refractivity (Wildman–Crippen MR) is 249 cm³/mol. The average Bonchev–Trinajstić information content (AvgIpc) is 3.37. The fourth-order valence-electron chi connectivity index (χ4n) is 7.62. The molecule has 0 unspecified atom stereocenters. The van der Waals surface area contributed by atoms with Crippen molar-refractivity contribution in [2.45, 2.75) is 0 Å². The third-order valence-corrected chi connectivity index (χ3v) is 10.8. The zero-order valence-electron chi connectivity index (χ0n) is 33.5. The SMILES string of the molecule is N#Cc1cccc(-c2ccc(-c3nc(-c4ccccc4)nc(-c4ccccc4-c4cccc(-c5ccc(-c6cc(-c7ccccc7)nc(-c7ccccc7)n6)cc5)c4)n3)cc2)c1. The first kappa shape index (κ1) is 37.6. The smallest absolute Gasteiger partial charge is 0.164 e. The maximum atomic E-state index is 9.44. The van der Waals surface area contributed by atoms with E-state index in [4.69, 9.17) is 24.9 Å². The number of hydrogen-bond donors (Lipinski definition) is 0. The van der Waals surface area contributed by atoms with E-state index in [1.807, 2.05) is 133 Å². The largest absolute Gasteiger partial charge is 0.228 e. The Morgan fingerprint density at radius 1 is 0.258 bits per heavy atom. The molecule has 10 rings (SSSR count). The molecule has 6 heteroatoms. The molecule has 0 N–H and O–H groups in total. The van der Waals surface area contributed by atoms with E-state index in [2.05, 4.69) is 91.0 Å². The Bertz CT molecular complexity index is 3160. The van der Waals surface area contributed by atoms with Crippen LogP contribution in [-0.4, -0.2) is 24.9 Å². The van der Waals surface area contributed by atoms with Crippen LogP contribution >= 0.6 is 0 Å². The summed E-state index contributed by atoms with van der Waals surface area (Å²) in [6, 6.07) is 75.9. The normalized spacial score (nSPS) is 10.9. The molecular formula is C56H36N6. The Kier molecular flexibility index (Phi) is 10.3. The first-order valence-electron chi connectivity index (χ1n) is 20.4. The molecule has 0 spiro atoms. The second-order valence-corrected chi connectivity index (χ2v) is 14.8. The topological polar surface area (TPSA) is 88.2 Å². The molecule has 0 saturated heterocycles. The summed E-state index contributed by atoms with van der Waals surface area (Å²) in [4.78, 5) is 25.2. The summed E-state index contributed by atoms with van der Waals surface area (Å²) in [5.74, 6) is 2.44. The van der Waals surface area contributed by atoms with Gasteiger partial charge in [0.05, 0.1) is 23.0 Å². The molecule has 62 heavy (non-hydrogen) atoms. The van der Waals surface area contributed by atoms with Gasteiger partial charge in [0.15, 0.2) is 23.3 Å². The minimum Gasteiger partial charge on any atom is -0.228 e. The van der Waals surface area contributed by atoms with Crippen molar-refractivity contribution in [3.8, 4) is 108 Å². The van der Waals surface area contributed by atoms with Crippen LogP contribution in [0.1, 0.15) is 5.56 Å². The number of benzene rings is 8. The highest BCUT2D eigenvalue weighted by Crippen LogP contribution is 2.36. The highest BCUT2D eigenvalue weighted by molar-refractivity contribution is 5.84. The molecule has 10 aromatic rings. The molecule has 6 nitrogen and oxygen atoms in total. The van der Waals surface area contributed by atoms with Gasteiger partial charge in [-0.3, -0.25) is 0 Å². The zero-order chi connectivity index (χ0) is 41.7. The summed E-state index contributed by atoms with van der Waals surface area (Å²) < 4.78 is 0. The summed E-state index contributed by atoms with van der Waals surface area (Å²) in [7, 11) is 0. The van der Waals surface area contributed by atoms with E-state index < -0.39 is 0 Å². The molecule has 290 valence electrons. The number of rotatable bonds is 9. The lowest BCUT2D eigenvalue weighted by atomic mass is 9.95. The van der Waals surface area contributed by atoms with Crippen molar-refractivity contribution in [1.29, 1.82) is 5.26 Å². The molecule has 0 atom stereocenters. The van der Waals surface area contributed by atoms with E-state index in [1.165, 1.54) is 0 Å². The molecule has 0 bridgehead atoms. The van der Waals surface area contributed by atoms with Crippen LogP contribution < -0.4 is 0 Å². The maximum absolute atomic E-state index is 9.44. The van der Waals surface area contributed by atoms with Crippen molar-refractivity contribution in [2.24, 2.45) is 0 Å². The predicted octanol–water partition coefficient (Wildman–Crippen LogP) is 13.5. The van der Waals surface area contributed by atoms with E-state index in [-0.39, 0.29) is 0 Å². The Morgan fingerprint density at radius 2 is 0.645 bits per heavy atom. The van der Waals surface area contributed by atoms with Crippen LogP contribution in [0.3, 0.4) is 0 Å². The van der Waals surface area contributed by atoms with E-state index in [0.717, 1.165) is 78.1 Å². The summed E-state index contributed by atoms with van der Waals surface area (Å²) in [5.41, 5.74) is 14.3. The highest BCUT2D eigenvalue weighted by Gasteiger charge is 2.17.